The lowest BCUT2D eigenvalue weighted by Crippen LogP contribution is -2.13. The molecule has 0 aromatic heterocycles. The first kappa shape index (κ1) is 14.0. The molecule has 14 heavy (non-hydrogen) atoms. The molecule has 2 unspecified atom stereocenters. The lowest BCUT2D eigenvalue weighted by Gasteiger charge is -2.24. The molecule has 0 aromatic rings. The Labute approximate surface area is 91.5 Å². The Kier molecular flexibility index (Phi) is 8.32. The highest BCUT2D eigenvalue weighted by Crippen LogP contribution is 2.27. The third-order valence-electron chi connectivity index (χ3n) is 3.37. The first-order valence-corrected chi connectivity index (χ1v) is 6.61. The monoisotopic (exact) mass is 198 g/mol. The molecule has 0 bridgehead atoms. The van der Waals surface area contributed by atoms with Crippen LogP contribution >= 0.6 is 0 Å². The van der Waals surface area contributed by atoms with Gasteiger partial charge in [0, 0.05) is 0 Å². The predicted octanol–water partition coefficient (Wildman–Crippen LogP) is 5.28. The number of unbranched alkanes of at least 4 members (excludes halogenated alkanes) is 2. The summed E-state index contributed by atoms with van der Waals surface area (Å²) in [6.07, 6.45) is 8.44. The lowest BCUT2D eigenvalue weighted by atomic mass is 9.82. The lowest BCUT2D eigenvalue weighted by molar-refractivity contribution is 0.271. The Bertz CT molecular complexity index is 115. The van der Waals surface area contributed by atoms with Gasteiger partial charge in [-0.2, -0.15) is 0 Å². The van der Waals surface area contributed by atoms with Crippen molar-refractivity contribution >= 4 is 0 Å². The molecule has 2 atom stereocenters. The van der Waals surface area contributed by atoms with Gasteiger partial charge in [-0.25, -0.2) is 0 Å². The fourth-order valence-corrected chi connectivity index (χ4v) is 2.36. The summed E-state index contributed by atoms with van der Waals surface area (Å²) < 4.78 is 0. The molecule has 0 aliphatic rings. The standard InChI is InChI=1S/C14H30/c1-6-8-9-10-13(5)14(7-2)11-12(3)4/h12-14H,6-11H2,1-5H3. The van der Waals surface area contributed by atoms with Gasteiger partial charge in [0.25, 0.3) is 0 Å². The van der Waals surface area contributed by atoms with Crippen LogP contribution in [-0.2, 0) is 0 Å². The first-order chi connectivity index (χ1) is 6.61. The minimum Gasteiger partial charge on any atom is -0.0654 e. The smallest absolute Gasteiger partial charge is 0.0389 e. The molecule has 0 saturated heterocycles. The van der Waals surface area contributed by atoms with Crippen molar-refractivity contribution in [3.05, 3.63) is 0 Å². The van der Waals surface area contributed by atoms with Gasteiger partial charge in [0.2, 0.25) is 0 Å². The van der Waals surface area contributed by atoms with E-state index in [4.69, 9.17) is 0 Å². The van der Waals surface area contributed by atoms with Crippen molar-refractivity contribution in [2.45, 2.75) is 73.1 Å². The van der Waals surface area contributed by atoms with Crippen LogP contribution in [-0.4, -0.2) is 0 Å². The van der Waals surface area contributed by atoms with E-state index in [-0.39, 0.29) is 0 Å². The van der Waals surface area contributed by atoms with Crippen LogP contribution in [0.3, 0.4) is 0 Å². The minimum absolute atomic E-state index is 0.869. The summed E-state index contributed by atoms with van der Waals surface area (Å²) in [5.74, 6) is 2.77. The molecule has 0 heterocycles. The quantitative estimate of drug-likeness (QED) is 0.466. The summed E-state index contributed by atoms with van der Waals surface area (Å²) in [6, 6.07) is 0. The summed E-state index contributed by atoms with van der Waals surface area (Å²) >= 11 is 0. The number of hydrogen-bond acceptors (Lipinski definition) is 0. The maximum absolute atomic E-state index is 2.45. The van der Waals surface area contributed by atoms with Crippen LogP contribution in [0.2, 0.25) is 0 Å². The Hall–Kier alpha value is 0. The Morgan fingerprint density at radius 3 is 2.00 bits per heavy atom. The fraction of sp³-hybridized carbons (Fsp3) is 1.00. The molecule has 0 rings (SSSR count). The molecule has 0 spiro atoms. The van der Waals surface area contributed by atoms with Crippen LogP contribution < -0.4 is 0 Å². The van der Waals surface area contributed by atoms with Crippen LogP contribution in [0.5, 0.6) is 0 Å². The zero-order chi connectivity index (χ0) is 11.0. The van der Waals surface area contributed by atoms with E-state index < -0.39 is 0 Å². The normalized spacial score (nSPS) is 15.9. The summed E-state index contributed by atoms with van der Waals surface area (Å²) in [5, 5.41) is 0. The maximum atomic E-state index is 2.45. The van der Waals surface area contributed by atoms with Gasteiger partial charge >= 0.3 is 0 Å². The van der Waals surface area contributed by atoms with Crippen LogP contribution in [0.25, 0.3) is 0 Å². The van der Waals surface area contributed by atoms with Crippen molar-refractivity contribution in [3.63, 3.8) is 0 Å². The van der Waals surface area contributed by atoms with Crippen molar-refractivity contribution in [1.82, 2.24) is 0 Å². The van der Waals surface area contributed by atoms with Crippen LogP contribution in [0, 0.1) is 17.8 Å². The Morgan fingerprint density at radius 1 is 0.929 bits per heavy atom. The predicted molar refractivity (Wildman–Crippen MR) is 66.5 cm³/mol. The van der Waals surface area contributed by atoms with E-state index in [1.54, 1.807) is 0 Å². The van der Waals surface area contributed by atoms with Crippen molar-refractivity contribution in [2.24, 2.45) is 17.8 Å². The molecule has 0 aliphatic heterocycles. The highest BCUT2D eigenvalue weighted by Gasteiger charge is 2.15. The van der Waals surface area contributed by atoms with Gasteiger partial charge in [0.05, 0.1) is 0 Å². The molecule has 0 fully saturated rings. The molecule has 0 amide bonds. The molecule has 0 heteroatoms. The van der Waals surface area contributed by atoms with Gasteiger partial charge in [-0.05, 0) is 24.2 Å². The number of rotatable bonds is 8. The molecule has 0 nitrogen and oxygen atoms in total. The fourth-order valence-electron chi connectivity index (χ4n) is 2.36. The van der Waals surface area contributed by atoms with Crippen molar-refractivity contribution in [2.75, 3.05) is 0 Å². The van der Waals surface area contributed by atoms with E-state index in [0.29, 0.717) is 0 Å². The average molecular weight is 198 g/mol. The largest absolute Gasteiger partial charge is 0.0654 e. The third kappa shape index (κ3) is 6.45. The molecule has 0 aromatic carbocycles. The van der Waals surface area contributed by atoms with Gasteiger partial charge in [0.15, 0.2) is 0 Å². The van der Waals surface area contributed by atoms with Gasteiger partial charge in [-0.15, -0.1) is 0 Å². The molecular weight excluding hydrogens is 168 g/mol. The molecule has 0 radical (unpaired) electrons. The van der Waals surface area contributed by atoms with E-state index in [9.17, 15) is 0 Å². The Balaban J connectivity index is 3.73. The molecule has 0 aliphatic carbocycles. The van der Waals surface area contributed by atoms with Gasteiger partial charge in [0.1, 0.15) is 0 Å². The summed E-state index contributed by atoms with van der Waals surface area (Å²) in [7, 11) is 0. The molecule has 0 N–H and O–H groups in total. The second-order valence-electron chi connectivity index (χ2n) is 5.27. The van der Waals surface area contributed by atoms with E-state index in [1.807, 2.05) is 0 Å². The molecular formula is C14H30. The van der Waals surface area contributed by atoms with E-state index in [2.05, 4.69) is 34.6 Å². The van der Waals surface area contributed by atoms with Crippen LogP contribution in [0.15, 0.2) is 0 Å². The van der Waals surface area contributed by atoms with E-state index in [0.717, 1.165) is 17.8 Å². The maximum Gasteiger partial charge on any atom is -0.0389 e. The van der Waals surface area contributed by atoms with Crippen LogP contribution in [0.1, 0.15) is 73.1 Å². The van der Waals surface area contributed by atoms with Gasteiger partial charge in [-0.1, -0.05) is 66.7 Å². The van der Waals surface area contributed by atoms with E-state index in [1.165, 1.54) is 38.5 Å². The highest BCUT2D eigenvalue weighted by atomic mass is 14.2. The summed E-state index contributed by atoms with van der Waals surface area (Å²) in [6.45, 7) is 11.8. The minimum atomic E-state index is 0.869. The highest BCUT2D eigenvalue weighted by molar-refractivity contribution is 4.67. The van der Waals surface area contributed by atoms with Gasteiger partial charge < -0.3 is 0 Å². The molecule has 0 saturated carbocycles. The van der Waals surface area contributed by atoms with Gasteiger partial charge in [-0.3, -0.25) is 0 Å². The van der Waals surface area contributed by atoms with Crippen molar-refractivity contribution in [1.29, 1.82) is 0 Å². The zero-order valence-electron chi connectivity index (χ0n) is 11.0. The third-order valence-corrected chi connectivity index (χ3v) is 3.37. The number of hydrogen-bond donors (Lipinski definition) is 0. The summed E-state index contributed by atoms with van der Waals surface area (Å²) in [4.78, 5) is 0. The van der Waals surface area contributed by atoms with E-state index >= 15 is 0 Å². The average Bonchev–Trinajstić information content (AvgIpc) is 2.14. The molecule has 86 valence electrons. The first-order valence-electron chi connectivity index (χ1n) is 6.61. The zero-order valence-corrected chi connectivity index (χ0v) is 11.0. The van der Waals surface area contributed by atoms with Crippen molar-refractivity contribution in [3.8, 4) is 0 Å². The SMILES string of the molecule is CCCCCC(C)C(CC)CC(C)C. The topological polar surface area (TPSA) is 0 Å². The second-order valence-corrected chi connectivity index (χ2v) is 5.27. The van der Waals surface area contributed by atoms with Crippen molar-refractivity contribution < 1.29 is 0 Å². The second kappa shape index (κ2) is 8.32. The van der Waals surface area contributed by atoms with Crippen LogP contribution in [0.4, 0.5) is 0 Å². The summed E-state index contributed by atoms with van der Waals surface area (Å²) in [5.41, 5.74) is 0. The Morgan fingerprint density at radius 2 is 1.57 bits per heavy atom.